The first kappa shape index (κ1) is 30.8. The fourth-order valence-electron chi connectivity index (χ4n) is 5.19. The van der Waals surface area contributed by atoms with Gasteiger partial charge < -0.3 is 13.6 Å². The summed E-state index contributed by atoms with van der Waals surface area (Å²) in [4.78, 5) is 0. The molecular weight excluding hydrogens is 566 g/mol. The summed E-state index contributed by atoms with van der Waals surface area (Å²) in [6, 6.07) is 37.7. The maximum atomic E-state index is 7.03. The van der Waals surface area contributed by atoms with E-state index in [1.54, 1.807) is 0 Å². The summed E-state index contributed by atoms with van der Waals surface area (Å²) in [5.74, 6) is 2.54. The van der Waals surface area contributed by atoms with Crippen LogP contribution in [0.3, 0.4) is 0 Å². The van der Waals surface area contributed by atoms with Gasteiger partial charge in [-0.25, -0.2) is 0 Å². The molecule has 5 aromatic rings. The van der Waals surface area contributed by atoms with Crippen molar-refractivity contribution in [3.8, 4) is 28.4 Å². The molecule has 5 rings (SSSR count). The van der Waals surface area contributed by atoms with Crippen molar-refractivity contribution in [2.24, 2.45) is 0 Å². The van der Waals surface area contributed by atoms with Crippen LogP contribution in [0.25, 0.3) is 11.1 Å². The topological polar surface area (TPSA) is 27.7 Å². The Hall–Kier alpha value is -3.64. The highest BCUT2D eigenvalue weighted by Gasteiger charge is 2.27. The summed E-state index contributed by atoms with van der Waals surface area (Å²) < 4.78 is 20.4. The Labute approximate surface area is 260 Å². The summed E-state index contributed by atoms with van der Waals surface area (Å²) in [5, 5.41) is 2.17. The van der Waals surface area contributed by atoms with Crippen molar-refractivity contribution < 1.29 is 13.6 Å². The Balaban J connectivity index is 1.61. The maximum absolute atomic E-state index is 7.03. The van der Waals surface area contributed by atoms with E-state index in [-0.39, 0.29) is 14.2 Å². The second-order valence-electron chi connectivity index (χ2n) is 12.0. The maximum Gasteiger partial charge on any atom is 0.326 e. The second kappa shape index (κ2) is 13.3. The number of aryl methyl sites for hydroxylation is 4. The van der Waals surface area contributed by atoms with Crippen LogP contribution in [0, 0.1) is 27.7 Å². The first-order valence-electron chi connectivity index (χ1n) is 14.6. The van der Waals surface area contributed by atoms with Crippen LogP contribution in [0.15, 0.2) is 109 Å². The van der Waals surface area contributed by atoms with Crippen molar-refractivity contribution in [1.82, 2.24) is 0 Å². The fourth-order valence-corrected chi connectivity index (χ4v) is 7.42. The molecule has 5 heteroatoms. The average molecular weight is 607 g/mol. The van der Waals surface area contributed by atoms with Crippen LogP contribution in [0.5, 0.6) is 17.2 Å². The van der Waals surface area contributed by atoms with Gasteiger partial charge in [-0.05, 0) is 91.3 Å². The molecule has 0 aromatic heterocycles. The lowest BCUT2D eigenvalue weighted by Crippen LogP contribution is -2.15. The van der Waals surface area contributed by atoms with Crippen molar-refractivity contribution in [3.05, 3.63) is 137 Å². The molecule has 5 aromatic carbocycles. The Morgan fingerprint density at radius 3 is 1.74 bits per heavy atom. The SMILES string of the molecule is Cc1cc(C)c(OPc2ccccc2)c(-c2cc(C)cc(C)c2OP(Oc2ccccc2C(C)(C)C)c2ccccc2)c1. The summed E-state index contributed by atoms with van der Waals surface area (Å²) in [6.45, 7) is 15.1. The predicted octanol–water partition coefficient (Wildman–Crippen LogP) is 10.3. The molecule has 0 aliphatic carbocycles. The molecule has 0 saturated heterocycles. The van der Waals surface area contributed by atoms with Gasteiger partial charge in [0.15, 0.2) is 0 Å². The lowest BCUT2D eigenvalue weighted by molar-refractivity contribution is 0.481. The van der Waals surface area contributed by atoms with Gasteiger partial charge in [0, 0.05) is 16.4 Å². The molecule has 0 radical (unpaired) electrons. The highest BCUT2D eigenvalue weighted by atomic mass is 31.2. The molecule has 2 atom stereocenters. The van der Waals surface area contributed by atoms with Crippen LogP contribution < -0.4 is 24.2 Å². The van der Waals surface area contributed by atoms with Crippen molar-refractivity contribution in [2.45, 2.75) is 53.9 Å². The minimum absolute atomic E-state index is 0.0793. The smallest absolute Gasteiger partial charge is 0.326 e. The van der Waals surface area contributed by atoms with Gasteiger partial charge in [-0.15, -0.1) is 0 Å². The molecule has 0 fully saturated rings. The van der Waals surface area contributed by atoms with E-state index < -0.39 is 8.38 Å². The first-order chi connectivity index (χ1) is 20.6. The summed E-state index contributed by atoms with van der Waals surface area (Å²) in [6.07, 6.45) is 0. The third-order valence-electron chi connectivity index (χ3n) is 7.19. The minimum Gasteiger partial charge on any atom is -0.472 e. The van der Waals surface area contributed by atoms with Gasteiger partial charge in [0.1, 0.15) is 26.1 Å². The number of hydrogen-bond acceptors (Lipinski definition) is 3. The van der Waals surface area contributed by atoms with E-state index in [2.05, 4.69) is 109 Å². The first-order valence-corrected chi connectivity index (χ1v) is 16.7. The lowest BCUT2D eigenvalue weighted by atomic mass is 9.86. The molecule has 0 aliphatic rings. The fraction of sp³-hybridized carbons (Fsp3) is 0.211. The van der Waals surface area contributed by atoms with Gasteiger partial charge in [-0.3, -0.25) is 0 Å². The van der Waals surface area contributed by atoms with Crippen LogP contribution in [0.4, 0.5) is 0 Å². The van der Waals surface area contributed by atoms with Crippen LogP contribution >= 0.6 is 17.2 Å². The van der Waals surface area contributed by atoms with Crippen LogP contribution in [-0.2, 0) is 5.41 Å². The van der Waals surface area contributed by atoms with Gasteiger partial charge in [-0.1, -0.05) is 99.6 Å². The van der Waals surface area contributed by atoms with E-state index in [9.17, 15) is 0 Å². The molecule has 43 heavy (non-hydrogen) atoms. The van der Waals surface area contributed by atoms with Crippen molar-refractivity contribution in [2.75, 3.05) is 0 Å². The van der Waals surface area contributed by atoms with Gasteiger partial charge >= 0.3 is 8.38 Å². The van der Waals surface area contributed by atoms with E-state index in [0.717, 1.165) is 55.7 Å². The molecule has 0 saturated carbocycles. The quantitative estimate of drug-likeness (QED) is 0.156. The zero-order valence-corrected chi connectivity index (χ0v) is 28.0. The molecule has 0 aliphatic heterocycles. The van der Waals surface area contributed by atoms with Gasteiger partial charge in [0.25, 0.3) is 0 Å². The van der Waals surface area contributed by atoms with Crippen LogP contribution in [0.2, 0.25) is 0 Å². The monoisotopic (exact) mass is 606 g/mol. The Bertz CT molecular complexity index is 1690. The molecule has 2 unspecified atom stereocenters. The largest absolute Gasteiger partial charge is 0.472 e. The Kier molecular flexibility index (Phi) is 9.55. The molecule has 0 amide bonds. The Morgan fingerprint density at radius 2 is 1.12 bits per heavy atom. The van der Waals surface area contributed by atoms with E-state index in [1.807, 2.05) is 48.5 Å². The normalized spacial score (nSPS) is 12.3. The molecule has 220 valence electrons. The number of benzene rings is 5. The zero-order valence-electron chi connectivity index (χ0n) is 26.1. The lowest BCUT2D eigenvalue weighted by Gasteiger charge is -2.27. The second-order valence-corrected chi connectivity index (χ2v) is 14.4. The zero-order chi connectivity index (χ0) is 30.6. The average Bonchev–Trinajstić information content (AvgIpc) is 2.97. The minimum atomic E-state index is -1.51. The van der Waals surface area contributed by atoms with Gasteiger partial charge in [-0.2, -0.15) is 0 Å². The molecule has 0 bridgehead atoms. The van der Waals surface area contributed by atoms with E-state index in [4.69, 9.17) is 13.6 Å². The molecule has 0 heterocycles. The standard InChI is InChI=1S/C38H40O3P2/c1-26-22-28(3)36(39-42-30-16-10-8-11-17-30)32(24-26)33-25-27(2)23-29(4)37(33)41-43(31-18-12-9-13-19-31)40-35-21-15-14-20-34(35)38(5,6)7/h8-25,42H,1-7H3. The van der Waals surface area contributed by atoms with Crippen molar-refractivity contribution >= 4 is 27.8 Å². The van der Waals surface area contributed by atoms with E-state index in [1.165, 1.54) is 11.1 Å². The summed E-state index contributed by atoms with van der Waals surface area (Å²) in [7, 11) is -1.32. The van der Waals surface area contributed by atoms with Crippen LogP contribution in [0.1, 0.15) is 48.6 Å². The number of rotatable bonds is 9. The molecule has 0 spiro atoms. The Morgan fingerprint density at radius 1 is 0.581 bits per heavy atom. The van der Waals surface area contributed by atoms with Gasteiger partial charge in [0.2, 0.25) is 0 Å². The highest BCUT2D eigenvalue weighted by molar-refractivity contribution is 7.56. The van der Waals surface area contributed by atoms with E-state index in [0.29, 0.717) is 0 Å². The molecule has 3 nitrogen and oxygen atoms in total. The summed E-state index contributed by atoms with van der Waals surface area (Å²) >= 11 is 0. The summed E-state index contributed by atoms with van der Waals surface area (Å²) in [5.41, 5.74) is 7.60. The van der Waals surface area contributed by atoms with Gasteiger partial charge in [0.05, 0.1) is 5.30 Å². The molecule has 0 N–H and O–H groups in total. The van der Waals surface area contributed by atoms with Crippen molar-refractivity contribution in [1.29, 1.82) is 0 Å². The van der Waals surface area contributed by atoms with E-state index >= 15 is 0 Å². The number of hydrogen-bond donors (Lipinski definition) is 0. The third-order valence-corrected chi connectivity index (χ3v) is 9.50. The van der Waals surface area contributed by atoms with Crippen molar-refractivity contribution in [3.63, 3.8) is 0 Å². The molecular formula is C38H40O3P2. The third kappa shape index (κ3) is 7.48. The van der Waals surface area contributed by atoms with Crippen LogP contribution in [-0.4, -0.2) is 0 Å². The predicted molar refractivity (Wildman–Crippen MR) is 185 cm³/mol. The number of para-hydroxylation sites is 1. The highest BCUT2D eigenvalue weighted by Crippen LogP contribution is 2.49.